The Morgan fingerprint density at radius 2 is 1.82 bits per heavy atom. The van der Waals surface area contributed by atoms with E-state index >= 15 is 0 Å². The highest BCUT2D eigenvalue weighted by atomic mass is 32.2. The molecule has 3 aromatic rings. The van der Waals surface area contributed by atoms with Crippen LogP contribution in [0.4, 0.5) is 17.3 Å². The minimum absolute atomic E-state index is 0.166. The van der Waals surface area contributed by atoms with E-state index in [1.165, 1.54) is 6.26 Å². The van der Waals surface area contributed by atoms with Gasteiger partial charge in [-0.05, 0) is 23.8 Å². The molecule has 0 amide bonds. The Morgan fingerprint density at radius 1 is 1.04 bits per heavy atom. The average molecular weight is 395 g/mol. The van der Waals surface area contributed by atoms with Gasteiger partial charge in [0.1, 0.15) is 5.69 Å². The monoisotopic (exact) mass is 395 g/mol. The summed E-state index contributed by atoms with van der Waals surface area (Å²) in [6, 6.07) is 10.3. The summed E-state index contributed by atoms with van der Waals surface area (Å²) in [5, 5.41) is 3.11. The second-order valence-electron chi connectivity index (χ2n) is 6.28. The zero-order valence-electron chi connectivity index (χ0n) is 15.2. The van der Waals surface area contributed by atoms with Crippen molar-refractivity contribution in [2.24, 2.45) is 4.99 Å². The number of sulfone groups is 1. The van der Waals surface area contributed by atoms with E-state index in [-0.39, 0.29) is 10.8 Å². The number of ether oxygens (including phenoxy) is 1. The normalized spacial score (nSPS) is 15.3. The number of hydrogen-bond donors (Lipinski definition) is 1. The molecule has 142 valence electrons. The minimum Gasteiger partial charge on any atom is -0.481 e. The van der Waals surface area contributed by atoms with Gasteiger partial charge in [-0.3, -0.25) is 4.99 Å². The molecule has 0 fully saturated rings. The minimum atomic E-state index is -3.23. The predicted octanol–water partition coefficient (Wildman–Crippen LogP) is 2.88. The first-order chi connectivity index (χ1) is 13.4. The Hall–Kier alpha value is -3.33. The molecule has 28 heavy (non-hydrogen) atoms. The van der Waals surface area contributed by atoms with Crippen LogP contribution in [0.25, 0.3) is 0 Å². The fourth-order valence-electron chi connectivity index (χ4n) is 2.87. The van der Waals surface area contributed by atoms with Crippen molar-refractivity contribution >= 4 is 33.4 Å². The average Bonchev–Trinajstić information content (AvgIpc) is 3.11. The van der Waals surface area contributed by atoms with Crippen molar-refractivity contribution in [2.75, 3.05) is 18.7 Å². The molecule has 0 saturated carbocycles. The molecule has 1 aliphatic rings. The number of methoxy groups -OCH3 is 1. The number of aliphatic imine (C=N–C) groups is 1. The summed E-state index contributed by atoms with van der Waals surface area (Å²) in [7, 11) is -1.68. The van der Waals surface area contributed by atoms with Gasteiger partial charge >= 0.3 is 0 Å². The molecule has 8 nitrogen and oxygen atoms in total. The Balaban J connectivity index is 1.60. The van der Waals surface area contributed by atoms with Crippen LogP contribution >= 0.6 is 0 Å². The van der Waals surface area contributed by atoms with E-state index < -0.39 is 9.84 Å². The molecule has 4 rings (SSSR count). The van der Waals surface area contributed by atoms with Gasteiger partial charge in [0.05, 0.1) is 41.7 Å². The first-order valence-corrected chi connectivity index (χ1v) is 10.3. The van der Waals surface area contributed by atoms with Gasteiger partial charge in [0.2, 0.25) is 11.8 Å². The van der Waals surface area contributed by atoms with E-state index in [4.69, 9.17) is 4.74 Å². The lowest BCUT2D eigenvalue weighted by Gasteiger charge is -2.11. The van der Waals surface area contributed by atoms with Crippen LogP contribution < -0.4 is 10.1 Å². The van der Waals surface area contributed by atoms with Crippen LogP contribution in [0.3, 0.4) is 0 Å². The van der Waals surface area contributed by atoms with Crippen molar-refractivity contribution in [2.45, 2.75) is 10.8 Å². The Kier molecular flexibility index (Phi) is 4.52. The van der Waals surface area contributed by atoms with E-state index in [1.54, 1.807) is 56.0 Å². The first kappa shape index (κ1) is 18.1. The maximum Gasteiger partial charge on any atom is 0.227 e. The molecule has 9 heteroatoms. The molecule has 0 aliphatic carbocycles. The van der Waals surface area contributed by atoms with E-state index in [2.05, 4.69) is 25.3 Å². The van der Waals surface area contributed by atoms with Gasteiger partial charge in [0, 0.05) is 18.5 Å². The SMILES string of the molecule is COc1ccc(Nc2ncc3c(n2)C(c2ccc(S(C)(=O)=O)cc2)C=N3)cn1. The van der Waals surface area contributed by atoms with Crippen LogP contribution in [0.2, 0.25) is 0 Å². The van der Waals surface area contributed by atoms with Crippen molar-refractivity contribution in [3.8, 4) is 5.88 Å². The molecule has 1 atom stereocenters. The Morgan fingerprint density at radius 3 is 2.46 bits per heavy atom. The molecule has 0 radical (unpaired) electrons. The van der Waals surface area contributed by atoms with Crippen molar-refractivity contribution in [1.82, 2.24) is 15.0 Å². The largest absolute Gasteiger partial charge is 0.481 e. The molecular weight excluding hydrogens is 378 g/mol. The van der Waals surface area contributed by atoms with Crippen LogP contribution in [0.1, 0.15) is 17.2 Å². The smallest absolute Gasteiger partial charge is 0.227 e. The lowest BCUT2D eigenvalue weighted by Crippen LogP contribution is -2.05. The molecule has 1 N–H and O–H groups in total. The van der Waals surface area contributed by atoms with E-state index in [0.717, 1.165) is 16.9 Å². The highest BCUT2D eigenvalue weighted by Gasteiger charge is 2.24. The molecule has 1 aliphatic heterocycles. The van der Waals surface area contributed by atoms with Crippen LogP contribution in [0.15, 0.2) is 58.7 Å². The van der Waals surface area contributed by atoms with E-state index in [1.807, 2.05) is 6.07 Å². The summed E-state index contributed by atoms with van der Waals surface area (Å²) in [6.07, 6.45) is 6.26. The first-order valence-electron chi connectivity index (χ1n) is 8.42. The zero-order valence-corrected chi connectivity index (χ0v) is 16.0. The molecule has 3 heterocycles. The topological polar surface area (TPSA) is 106 Å². The highest BCUT2D eigenvalue weighted by Crippen LogP contribution is 2.35. The third kappa shape index (κ3) is 3.56. The van der Waals surface area contributed by atoms with Gasteiger partial charge < -0.3 is 10.1 Å². The second-order valence-corrected chi connectivity index (χ2v) is 8.29. The highest BCUT2D eigenvalue weighted by molar-refractivity contribution is 7.90. The van der Waals surface area contributed by atoms with Gasteiger partial charge in [-0.2, -0.15) is 0 Å². The van der Waals surface area contributed by atoms with E-state index in [9.17, 15) is 8.42 Å². The van der Waals surface area contributed by atoms with Crippen molar-refractivity contribution in [3.63, 3.8) is 0 Å². The fourth-order valence-corrected chi connectivity index (χ4v) is 3.50. The van der Waals surface area contributed by atoms with Crippen molar-refractivity contribution in [3.05, 3.63) is 60.0 Å². The van der Waals surface area contributed by atoms with Gasteiger partial charge in [0.15, 0.2) is 9.84 Å². The summed E-state index contributed by atoms with van der Waals surface area (Å²) >= 11 is 0. The van der Waals surface area contributed by atoms with Gasteiger partial charge in [-0.15, -0.1) is 0 Å². The van der Waals surface area contributed by atoms with Crippen molar-refractivity contribution < 1.29 is 13.2 Å². The van der Waals surface area contributed by atoms with Crippen LogP contribution in [0.5, 0.6) is 5.88 Å². The molecule has 1 unspecified atom stereocenters. The molecule has 0 saturated heterocycles. The summed E-state index contributed by atoms with van der Waals surface area (Å²) < 4.78 is 28.4. The Bertz CT molecular complexity index is 1140. The number of rotatable bonds is 5. The Labute approximate surface area is 162 Å². The zero-order chi connectivity index (χ0) is 19.7. The number of anilines is 2. The molecule has 1 aromatic carbocycles. The maximum atomic E-state index is 11.7. The summed E-state index contributed by atoms with van der Waals surface area (Å²) in [4.78, 5) is 17.7. The number of nitrogens with one attached hydrogen (secondary N) is 1. The summed E-state index contributed by atoms with van der Waals surface area (Å²) in [6.45, 7) is 0. The molecular formula is C19H17N5O3S. The number of benzene rings is 1. The van der Waals surface area contributed by atoms with Gasteiger partial charge in [-0.25, -0.2) is 23.4 Å². The van der Waals surface area contributed by atoms with Gasteiger partial charge in [0.25, 0.3) is 0 Å². The number of hydrogen-bond acceptors (Lipinski definition) is 8. The molecule has 0 bridgehead atoms. The standard InChI is InChI=1S/C19H17N5O3S/c1-27-17-8-5-13(9-21-17)23-19-22-11-16-18(24-19)15(10-20-16)12-3-6-14(7-4-12)28(2,25)26/h3-11,15H,1-2H3,(H,22,23,24). The van der Waals surface area contributed by atoms with Crippen LogP contribution in [-0.2, 0) is 9.84 Å². The third-order valence-corrected chi connectivity index (χ3v) is 5.45. The number of nitrogens with zero attached hydrogens (tertiary/aromatic N) is 4. The van der Waals surface area contributed by atoms with Crippen LogP contribution in [0, 0.1) is 0 Å². The maximum absolute atomic E-state index is 11.7. The second kappa shape index (κ2) is 7.01. The lowest BCUT2D eigenvalue weighted by atomic mass is 9.98. The third-order valence-electron chi connectivity index (χ3n) is 4.32. The number of pyridine rings is 1. The van der Waals surface area contributed by atoms with Crippen LogP contribution in [-0.4, -0.2) is 42.9 Å². The lowest BCUT2D eigenvalue weighted by molar-refractivity contribution is 0.398. The quantitative estimate of drug-likeness (QED) is 0.708. The fraction of sp³-hybridized carbons (Fsp3) is 0.158. The summed E-state index contributed by atoms with van der Waals surface area (Å²) in [5.41, 5.74) is 3.08. The predicted molar refractivity (Wildman–Crippen MR) is 106 cm³/mol. The number of fused-ring (bicyclic) bond motifs is 1. The van der Waals surface area contributed by atoms with Gasteiger partial charge in [-0.1, -0.05) is 12.1 Å². The molecule has 0 spiro atoms. The van der Waals surface area contributed by atoms with E-state index in [0.29, 0.717) is 17.5 Å². The number of aromatic nitrogens is 3. The molecule has 2 aromatic heterocycles. The summed E-state index contributed by atoms with van der Waals surface area (Å²) in [5.74, 6) is 0.779. The van der Waals surface area contributed by atoms with Crippen molar-refractivity contribution in [1.29, 1.82) is 0 Å².